The number of esters is 1. The lowest BCUT2D eigenvalue weighted by Gasteiger charge is -2.13. The van der Waals surface area contributed by atoms with Gasteiger partial charge in [0.15, 0.2) is 13.2 Å². The van der Waals surface area contributed by atoms with E-state index < -0.39 is 11.9 Å². The lowest BCUT2D eigenvalue weighted by atomic mass is 10.2. The molecule has 0 atom stereocenters. The number of ether oxygens (including phenoxy) is 2. The van der Waals surface area contributed by atoms with Crippen LogP contribution in [0, 0.1) is 0 Å². The van der Waals surface area contributed by atoms with Crippen molar-refractivity contribution in [2.45, 2.75) is 0 Å². The summed E-state index contributed by atoms with van der Waals surface area (Å²) in [6.07, 6.45) is 0. The molecular weight excluding hydrogens is 388 g/mol. The number of amides is 1. The first-order chi connectivity index (χ1) is 11.9. The molecule has 0 spiro atoms. The molecule has 0 bridgehead atoms. The molecule has 0 unspecified atom stereocenters. The molecule has 2 rings (SSSR count). The third-order valence-electron chi connectivity index (χ3n) is 3.18. The van der Waals surface area contributed by atoms with E-state index in [0.717, 1.165) is 10.2 Å². The summed E-state index contributed by atoms with van der Waals surface area (Å²) in [5.74, 6) is -0.483. The van der Waals surface area contributed by atoms with Gasteiger partial charge in [-0.15, -0.1) is 0 Å². The maximum atomic E-state index is 11.8. The number of nitrogens with zero attached hydrogens (tertiary/aromatic N) is 1. The van der Waals surface area contributed by atoms with Crippen molar-refractivity contribution >= 4 is 39.2 Å². The normalized spacial score (nSPS) is 10.0. The van der Waals surface area contributed by atoms with Crippen LogP contribution in [0.25, 0.3) is 0 Å². The van der Waals surface area contributed by atoms with E-state index in [1.165, 1.54) is 0 Å². The molecule has 7 heteroatoms. The van der Waals surface area contributed by atoms with E-state index in [1.54, 1.807) is 30.3 Å². The summed E-state index contributed by atoms with van der Waals surface area (Å²) in [5.41, 5.74) is 1.66. The summed E-state index contributed by atoms with van der Waals surface area (Å²) in [5, 5.41) is 2.66. The van der Waals surface area contributed by atoms with Crippen molar-refractivity contribution in [2.75, 3.05) is 37.5 Å². The third kappa shape index (κ3) is 6.46. The highest BCUT2D eigenvalue weighted by atomic mass is 79.9. The first kappa shape index (κ1) is 18.8. The van der Waals surface area contributed by atoms with Gasteiger partial charge in [-0.25, -0.2) is 4.79 Å². The highest BCUT2D eigenvalue weighted by Gasteiger charge is 2.09. The van der Waals surface area contributed by atoms with Crippen LogP contribution in [0.15, 0.2) is 53.0 Å². The molecule has 132 valence electrons. The van der Waals surface area contributed by atoms with Gasteiger partial charge in [-0.1, -0.05) is 22.0 Å². The van der Waals surface area contributed by atoms with Crippen LogP contribution >= 0.6 is 15.9 Å². The summed E-state index contributed by atoms with van der Waals surface area (Å²) in [6.45, 7) is -0.628. The van der Waals surface area contributed by atoms with Gasteiger partial charge in [-0.2, -0.15) is 0 Å². The number of rotatable bonds is 7. The van der Waals surface area contributed by atoms with Crippen molar-refractivity contribution in [3.05, 3.63) is 53.0 Å². The van der Waals surface area contributed by atoms with Gasteiger partial charge in [0.2, 0.25) is 0 Å². The zero-order chi connectivity index (χ0) is 18.2. The van der Waals surface area contributed by atoms with Crippen LogP contribution in [0.3, 0.4) is 0 Å². The van der Waals surface area contributed by atoms with Crippen LogP contribution in [-0.2, 0) is 14.3 Å². The summed E-state index contributed by atoms with van der Waals surface area (Å²) < 4.78 is 11.0. The Morgan fingerprint density at radius 1 is 1.08 bits per heavy atom. The van der Waals surface area contributed by atoms with Crippen molar-refractivity contribution in [3.63, 3.8) is 0 Å². The lowest BCUT2D eigenvalue weighted by Crippen LogP contribution is -2.23. The van der Waals surface area contributed by atoms with Gasteiger partial charge >= 0.3 is 5.97 Å². The Hall–Kier alpha value is -2.54. The van der Waals surface area contributed by atoms with Crippen LogP contribution in [0.4, 0.5) is 11.4 Å². The number of anilines is 2. The summed E-state index contributed by atoms with van der Waals surface area (Å²) in [6, 6.07) is 14.4. The SMILES string of the molecule is CN(C)c1ccc(NC(=O)COC(=O)COc2cccc(Br)c2)cc1. The van der Waals surface area contributed by atoms with Gasteiger partial charge in [0.05, 0.1) is 0 Å². The Kier molecular flexibility index (Phi) is 6.82. The molecule has 1 N–H and O–H groups in total. The predicted octanol–water partition coefficient (Wildman–Crippen LogP) is 3.08. The lowest BCUT2D eigenvalue weighted by molar-refractivity contribution is -0.149. The van der Waals surface area contributed by atoms with Crippen molar-refractivity contribution < 1.29 is 19.1 Å². The van der Waals surface area contributed by atoms with Gasteiger partial charge < -0.3 is 19.7 Å². The number of hydrogen-bond acceptors (Lipinski definition) is 5. The van der Waals surface area contributed by atoms with Crippen LogP contribution in [0.1, 0.15) is 0 Å². The number of benzene rings is 2. The van der Waals surface area contributed by atoms with Gasteiger partial charge in [0, 0.05) is 29.9 Å². The zero-order valence-corrected chi connectivity index (χ0v) is 15.6. The van der Waals surface area contributed by atoms with E-state index in [4.69, 9.17) is 9.47 Å². The zero-order valence-electron chi connectivity index (χ0n) is 14.0. The highest BCUT2D eigenvalue weighted by molar-refractivity contribution is 9.10. The van der Waals surface area contributed by atoms with Gasteiger partial charge in [-0.3, -0.25) is 4.79 Å². The Bertz CT molecular complexity index is 732. The molecule has 0 radical (unpaired) electrons. The number of carbonyl (C=O) groups is 2. The molecule has 0 saturated heterocycles. The topological polar surface area (TPSA) is 67.9 Å². The first-order valence-electron chi connectivity index (χ1n) is 7.55. The molecule has 6 nitrogen and oxygen atoms in total. The molecule has 25 heavy (non-hydrogen) atoms. The van der Waals surface area contributed by atoms with Crippen LogP contribution in [0.5, 0.6) is 5.75 Å². The molecule has 0 heterocycles. The van der Waals surface area contributed by atoms with E-state index in [9.17, 15) is 9.59 Å². The number of carbonyl (C=O) groups excluding carboxylic acids is 2. The van der Waals surface area contributed by atoms with E-state index in [2.05, 4.69) is 21.2 Å². The van der Waals surface area contributed by atoms with Crippen molar-refractivity contribution in [1.82, 2.24) is 0 Å². The van der Waals surface area contributed by atoms with E-state index >= 15 is 0 Å². The van der Waals surface area contributed by atoms with E-state index in [0.29, 0.717) is 11.4 Å². The largest absolute Gasteiger partial charge is 0.482 e. The Morgan fingerprint density at radius 2 is 1.80 bits per heavy atom. The Morgan fingerprint density at radius 3 is 2.44 bits per heavy atom. The van der Waals surface area contributed by atoms with E-state index in [-0.39, 0.29) is 13.2 Å². The minimum absolute atomic E-state index is 0.263. The summed E-state index contributed by atoms with van der Waals surface area (Å²) in [7, 11) is 3.87. The Balaban J connectivity index is 1.72. The summed E-state index contributed by atoms with van der Waals surface area (Å²) >= 11 is 3.31. The second kappa shape index (κ2) is 9.08. The standard InChI is InChI=1S/C18H19BrN2O4/c1-21(2)15-8-6-14(7-9-15)20-17(22)11-25-18(23)12-24-16-5-3-4-13(19)10-16/h3-10H,11-12H2,1-2H3,(H,20,22). The van der Waals surface area contributed by atoms with Gasteiger partial charge in [0.1, 0.15) is 5.75 Å². The van der Waals surface area contributed by atoms with Crippen LogP contribution in [0.2, 0.25) is 0 Å². The fourth-order valence-corrected chi connectivity index (χ4v) is 2.30. The maximum absolute atomic E-state index is 11.8. The quantitative estimate of drug-likeness (QED) is 0.715. The van der Waals surface area contributed by atoms with Gasteiger partial charge in [0.25, 0.3) is 5.91 Å². The molecule has 0 aromatic heterocycles. The van der Waals surface area contributed by atoms with E-state index in [1.807, 2.05) is 37.2 Å². The van der Waals surface area contributed by atoms with Crippen LogP contribution in [-0.4, -0.2) is 39.2 Å². The van der Waals surface area contributed by atoms with Gasteiger partial charge in [-0.05, 0) is 42.5 Å². The van der Waals surface area contributed by atoms with Crippen LogP contribution < -0.4 is 15.0 Å². The first-order valence-corrected chi connectivity index (χ1v) is 8.34. The van der Waals surface area contributed by atoms with Crippen molar-refractivity contribution in [2.24, 2.45) is 0 Å². The molecule has 0 fully saturated rings. The highest BCUT2D eigenvalue weighted by Crippen LogP contribution is 2.18. The molecule has 0 saturated carbocycles. The monoisotopic (exact) mass is 406 g/mol. The molecule has 2 aromatic carbocycles. The fourth-order valence-electron chi connectivity index (χ4n) is 1.93. The maximum Gasteiger partial charge on any atom is 0.344 e. The second-order valence-corrected chi connectivity index (χ2v) is 6.31. The Labute approximate surface area is 154 Å². The number of nitrogens with one attached hydrogen (secondary N) is 1. The summed E-state index contributed by atoms with van der Waals surface area (Å²) in [4.78, 5) is 25.4. The fraction of sp³-hybridized carbons (Fsp3) is 0.222. The molecule has 0 aliphatic heterocycles. The van der Waals surface area contributed by atoms with Crippen molar-refractivity contribution in [1.29, 1.82) is 0 Å². The van der Waals surface area contributed by atoms with Crippen molar-refractivity contribution in [3.8, 4) is 5.75 Å². The number of halogens is 1. The second-order valence-electron chi connectivity index (χ2n) is 5.40. The minimum Gasteiger partial charge on any atom is -0.482 e. The average molecular weight is 407 g/mol. The molecular formula is C18H19BrN2O4. The molecule has 2 aromatic rings. The molecule has 0 aliphatic carbocycles. The third-order valence-corrected chi connectivity index (χ3v) is 3.68. The minimum atomic E-state index is -0.613. The smallest absolute Gasteiger partial charge is 0.344 e. The average Bonchev–Trinajstić information content (AvgIpc) is 2.58. The molecule has 0 aliphatic rings. The number of hydrogen-bond donors (Lipinski definition) is 1. The molecule has 1 amide bonds. The predicted molar refractivity (Wildman–Crippen MR) is 100.0 cm³/mol.